The highest BCUT2D eigenvalue weighted by molar-refractivity contribution is 8.00. The van der Waals surface area contributed by atoms with Crippen LogP contribution in [0.3, 0.4) is 0 Å². The lowest BCUT2D eigenvalue weighted by molar-refractivity contribution is 0.333. The summed E-state index contributed by atoms with van der Waals surface area (Å²) in [6.45, 7) is 3.60. The Bertz CT molecular complexity index is 194. The zero-order valence-corrected chi connectivity index (χ0v) is 10.6. The van der Waals surface area contributed by atoms with Gasteiger partial charge in [-0.15, -0.1) is 0 Å². The standard InChI is InChI=1S/C12H24N2S/c1-12(7-2-8-15-12)9-14-11-5-3-10(13)4-6-11/h10-11,14H,2-9,13H2,1H3. The molecule has 3 heteroatoms. The van der Waals surface area contributed by atoms with Gasteiger partial charge >= 0.3 is 0 Å². The number of nitrogens with one attached hydrogen (secondary N) is 1. The third kappa shape index (κ3) is 3.36. The normalized spacial score (nSPS) is 42.0. The van der Waals surface area contributed by atoms with Crippen LogP contribution in [0, 0.1) is 0 Å². The minimum atomic E-state index is 0.472. The fourth-order valence-electron chi connectivity index (χ4n) is 2.66. The van der Waals surface area contributed by atoms with Gasteiger partial charge < -0.3 is 11.1 Å². The third-order valence-electron chi connectivity index (χ3n) is 3.84. The molecule has 2 fully saturated rings. The second kappa shape index (κ2) is 5.07. The number of nitrogens with two attached hydrogens (primary N) is 1. The second-order valence-electron chi connectivity index (χ2n) is 5.39. The Labute approximate surface area is 97.8 Å². The largest absolute Gasteiger partial charge is 0.328 e. The first-order valence-corrected chi connectivity index (χ1v) is 7.29. The Morgan fingerprint density at radius 2 is 2.07 bits per heavy atom. The molecule has 1 saturated carbocycles. The Morgan fingerprint density at radius 3 is 2.67 bits per heavy atom. The SMILES string of the molecule is CC1(CNC2CCC(N)CC2)CCCS1. The van der Waals surface area contributed by atoms with Gasteiger partial charge in [-0.25, -0.2) is 0 Å². The van der Waals surface area contributed by atoms with Gasteiger partial charge in [0.2, 0.25) is 0 Å². The number of thioether (sulfide) groups is 1. The molecular formula is C12H24N2S. The van der Waals surface area contributed by atoms with E-state index in [1.54, 1.807) is 0 Å². The van der Waals surface area contributed by atoms with Gasteiger partial charge in [-0.3, -0.25) is 0 Å². The van der Waals surface area contributed by atoms with E-state index in [2.05, 4.69) is 24.0 Å². The van der Waals surface area contributed by atoms with Crippen LogP contribution in [0.4, 0.5) is 0 Å². The van der Waals surface area contributed by atoms with Gasteiger partial charge in [-0.2, -0.15) is 11.8 Å². The summed E-state index contributed by atoms with van der Waals surface area (Å²) in [4.78, 5) is 0. The predicted molar refractivity (Wildman–Crippen MR) is 68.3 cm³/mol. The highest BCUT2D eigenvalue weighted by atomic mass is 32.2. The topological polar surface area (TPSA) is 38.0 Å². The molecule has 1 saturated heterocycles. The van der Waals surface area contributed by atoms with Crippen molar-refractivity contribution in [1.82, 2.24) is 5.32 Å². The fourth-order valence-corrected chi connectivity index (χ4v) is 3.92. The van der Waals surface area contributed by atoms with Crippen molar-refractivity contribution in [2.45, 2.75) is 62.3 Å². The molecule has 15 heavy (non-hydrogen) atoms. The van der Waals surface area contributed by atoms with E-state index in [-0.39, 0.29) is 0 Å². The molecule has 2 aliphatic rings. The van der Waals surface area contributed by atoms with Crippen LogP contribution in [0.2, 0.25) is 0 Å². The van der Waals surface area contributed by atoms with E-state index in [4.69, 9.17) is 5.73 Å². The molecule has 0 spiro atoms. The van der Waals surface area contributed by atoms with E-state index < -0.39 is 0 Å². The summed E-state index contributed by atoms with van der Waals surface area (Å²) >= 11 is 2.15. The fraction of sp³-hybridized carbons (Fsp3) is 1.00. The summed E-state index contributed by atoms with van der Waals surface area (Å²) in [5.74, 6) is 1.35. The number of hydrogen-bond donors (Lipinski definition) is 2. The van der Waals surface area contributed by atoms with E-state index in [0.29, 0.717) is 10.8 Å². The van der Waals surface area contributed by atoms with Gasteiger partial charge in [0.15, 0.2) is 0 Å². The Balaban J connectivity index is 1.69. The van der Waals surface area contributed by atoms with E-state index in [9.17, 15) is 0 Å². The van der Waals surface area contributed by atoms with Crippen LogP contribution < -0.4 is 11.1 Å². The molecule has 1 atom stereocenters. The smallest absolute Gasteiger partial charge is 0.0256 e. The number of rotatable bonds is 3. The summed E-state index contributed by atoms with van der Waals surface area (Å²) < 4.78 is 0.513. The van der Waals surface area contributed by atoms with Crippen LogP contribution in [0.15, 0.2) is 0 Å². The van der Waals surface area contributed by atoms with E-state index in [1.807, 2.05) is 0 Å². The molecule has 2 nitrogen and oxygen atoms in total. The highest BCUT2D eigenvalue weighted by Crippen LogP contribution is 2.37. The highest BCUT2D eigenvalue weighted by Gasteiger charge is 2.30. The van der Waals surface area contributed by atoms with Crippen LogP contribution in [0.1, 0.15) is 45.4 Å². The molecule has 1 unspecified atom stereocenters. The first-order valence-electron chi connectivity index (χ1n) is 6.31. The maximum Gasteiger partial charge on any atom is 0.0256 e. The molecule has 2 rings (SSSR count). The first kappa shape index (κ1) is 11.7. The van der Waals surface area contributed by atoms with Gasteiger partial charge in [0.05, 0.1) is 0 Å². The van der Waals surface area contributed by atoms with Crippen molar-refractivity contribution in [2.75, 3.05) is 12.3 Å². The maximum absolute atomic E-state index is 5.91. The maximum atomic E-state index is 5.91. The molecule has 0 aromatic rings. The van der Waals surface area contributed by atoms with Crippen molar-refractivity contribution >= 4 is 11.8 Å². The van der Waals surface area contributed by atoms with Gasteiger partial charge in [-0.05, 0) is 51.2 Å². The van der Waals surface area contributed by atoms with Gasteiger partial charge in [0.1, 0.15) is 0 Å². The Hall–Kier alpha value is 0.270. The predicted octanol–water partition coefficient (Wildman–Crippen LogP) is 2.13. The van der Waals surface area contributed by atoms with Crippen molar-refractivity contribution in [3.05, 3.63) is 0 Å². The van der Waals surface area contributed by atoms with Crippen LogP contribution in [-0.2, 0) is 0 Å². The molecular weight excluding hydrogens is 204 g/mol. The van der Waals surface area contributed by atoms with Crippen molar-refractivity contribution < 1.29 is 0 Å². The molecule has 0 amide bonds. The lowest BCUT2D eigenvalue weighted by Crippen LogP contribution is -2.42. The van der Waals surface area contributed by atoms with Crippen molar-refractivity contribution in [3.8, 4) is 0 Å². The van der Waals surface area contributed by atoms with Crippen LogP contribution >= 0.6 is 11.8 Å². The van der Waals surface area contributed by atoms with Crippen LogP contribution in [0.25, 0.3) is 0 Å². The van der Waals surface area contributed by atoms with Crippen LogP contribution in [-0.4, -0.2) is 29.1 Å². The summed E-state index contributed by atoms with van der Waals surface area (Å²) in [5, 5.41) is 3.75. The van der Waals surface area contributed by atoms with Gasteiger partial charge in [0.25, 0.3) is 0 Å². The molecule has 88 valence electrons. The second-order valence-corrected chi connectivity index (χ2v) is 7.08. The Kier molecular flexibility index (Phi) is 3.97. The van der Waals surface area contributed by atoms with Crippen molar-refractivity contribution in [3.63, 3.8) is 0 Å². The van der Waals surface area contributed by atoms with E-state index in [0.717, 1.165) is 6.04 Å². The minimum absolute atomic E-state index is 0.472. The lowest BCUT2D eigenvalue weighted by atomic mass is 9.91. The van der Waals surface area contributed by atoms with E-state index in [1.165, 1.54) is 50.8 Å². The molecule has 3 N–H and O–H groups in total. The quantitative estimate of drug-likeness (QED) is 0.777. The average Bonchev–Trinajstić information content (AvgIpc) is 2.65. The molecule has 0 aromatic carbocycles. The third-order valence-corrected chi connectivity index (χ3v) is 5.38. The summed E-state index contributed by atoms with van der Waals surface area (Å²) in [6, 6.07) is 1.21. The molecule has 0 bridgehead atoms. The van der Waals surface area contributed by atoms with Gasteiger partial charge in [0, 0.05) is 23.4 Å². The van der Waals surface area contributed by atoms with Crippen LogP contribution in [0.5, 0.6) is 0 Å². The molecule has 1 heterocycles. The van der Waals surface area contributed by atoms with Crippen molar-refractivity contribution in [1.29, 1.82) is 0 Å². The molecule has 1 aliphatic heterocycles. The lowest BCUT2D eigenvalue weighted by Gasteiger charge is -2.31. The minimum Gasteiger partial charge on any atom is -0.328 e. The molecule has 0 radical (unpaired) electrons. The monoisotopic (exact) mass is 228 g/mol. The summed E-state index contributed by atoms with van der Waals surface area (Å²) in [6.07, 6.45) is 7.77. The molecule has 0 aromatic heterocycles. The van der Waals surface area contributed by atoms with E-state index >= 15 is 0 Å². The Morgan fingerprint density at radius 1 is 1.33 bits per heavy atom. The van der Waals surface area contributed by atoms with Gasteiger partial charge in [-0.1, -0.05) is 0 Å². The molecule has 1 aliphatic carbocycles. The van der Waals surface area contributed by atoms with Crippen molar-refractivity contribution in [2.24, 2.45) is 5.73 Å². The zero-order valence-electron chi connectivity index (χ0n) is 9.80. The zero-order chi connectivity index (χ0) is 10.7. The summed E-state index contributed by atoms with van der Waals surface area (Å²) in [5.41, 5.74) is 5.91. The first-order chi connectivity index (χ1) is 7.18. The number of hydrogen-bond acceptors (Lipinski definition) is 3. The average molecular weight is 228 g/mol. The summed E-state index contributed by atoms with van der Waals surface area (Å²) in [7, 11) is 0.